The molecule has 2 aliphatic rings. The molecule has 10 atom stereocenters. The van der Waals surface area contributed by atoms with E-state index in [4.69, 9.17) is 92.3 Å². The van der Waals surface area contributed by atoms with E-state index in [-0.39, 0.29) is 0 Å². The van der Waals surface area contributed by atoms with Crippen LogP contribution in [0.5, 0.6) is 0 Å². The number of carbonyl (C=O) groups excluding carboxylic acids is 7. The second kappa shape index (κ2) is 18.7. The molecule has 50 heavy (non-hydrogen) atoms. The molecule has 0 radical (unpaired) electrons. The largest absolute Gasteiger partial charge is 0.463 e. The predicted octanol–water partition coefficient (Wildman–Crippen LogP) is 0.970. The molecule has 2 saturated heterocycles. The predicted molar refractivity (Wildman–Crippen MR) is 162 cm³/mol. The number of alkyl halides is 3. The maximum absolute atomic E-state index is 12.4. The molecule has 0 aromatic heterocycles. The van der Waals surface area contributed by atoms with Crippen molar-refractivity contribution in [1.29, 1.82) is 5.41 Å². The molecule has 0 aromatic rings. The maximum Gasteiger partial charge on any atom is 0.303 e. The lowest BCUT2D eigenvalue weighted by molar-refractivity contribution is -0.355. The molecule has 19 nitrogen and oxygen atoms in total. The van der Waals surface area contributed by atoms with Gasteiger partial charge in [0.15, 0.2) is 30.7 Å². The topological polar surface area (TPSA) is 245 Å². The molecule has 0 bridgehead atoms. The quantitative estimate of drug-likeness (QED) is 0.0953. The third-order valence-corrected chi connectivity index (χ3v) is 6.89. The van der Waals surface area contributed by atoms with Crippen LogP contribution in [0.15, 0.2) is 0 Å². The summed E-state index contributed by atoms with van der Waals surface area (Å²) in [4.78, 5) is 84.9. The van der Waals surface area contributed by atoms with E-state index in [0.29, 0.717) is 0 Å². The molecule has 0 aliphatic carbocycles. The van der Waals surface area contributed by atoms with Crippen LogP contribution in [0.4, 0.5) is 0 Å². The van der Waals surface area contributed by atoms with Gasteiger partial charge in [-0.1, -0.05) is 34.8 Å². The van der Waals surface area contributed by atoms with E-state index in [1.165, 1.54) is 0 Å². The third kappa shape index (κ3) is 13.0. The van der Waals surface area contributed by atoms with Crippen molar-refractivity contribution in [3.8, 4) is 0 Å². The molecule has 0 aromatic carbocycles. The Hall–Kier alpha value is -3.49. The van der Waals surface area contributed by atoms with Crippen molar-refractivity contribution in [2.75, 3.05) is 13.2 Å². The molecule has 2 rings (SSSR count). The summed E-state index contributed by atoms with van der Waals surface area (Å²) in [5, 5.41) is 8.03. The van der Waals surface area contributed by atoms with Gasteiger partial charge in [-0.2, -0.15) is 0 Å². The van der Waals surface area contributed by atoms with Gasteiger partial charge in [-0.25, -0.2) is 0 Å². The molecular weight excluding hydrogens is 745 g/mol. The average Bonchev–Trinajstić information content (AvgIpc) is 2.95. The lowest BCUT2D eigenvalue weighted by Gasteiger charge is -2.48. The van der Waals surface area contributed by atoms with Crippen LogP contribution in [0.1, 0.15) is 48.5 Å². The summed E-state index contributed by atoms with van der Waals surface area (Å²) in [5.74, 6) is -7.37. The Morgan fingerprint density at radius 2 is 0.840 bits per heavy atom. The Kier molecular flexibility index (Phi) is 15.9. The monoisotopic (exact) mass is 779 g/mol. The molecule has 282 valence electrons. The Balaban J connectivity index is 2.77. The summed E-state index contributed by atoms with van der Waals surface area (Å²) >= 11 is 17.3. The zero-order valence-electron chi connectivity index (χ0n) is 27.7. The minimum atomic E-state index is -2.45. The van der Waals surface area contributed by atoms with E-state index >= 15 is 0 Å². The fourth-order valence-electron chi connectivity index (χ4n) is 4.75. The van der Waals surface area contributed by atoms with Crippen molar-refractivity contribution in [2.45, 2.75) is 114 Å². The summed E-state index contributed by atoms with van der Waals surface area (Å²) in [6, 6.07) is 0. The van der Waals surface area contributed by atoms with Crippen molar-refractivity contribution in [1.82, 2.24) is 0 Å². The van der Waals surface area contributed by atoms with Crippen LogP contribution >= 0.6 is 34.8 Å². The summed E-state index contributed by atoms with van der Waals surface area (Å²) in [6.07, 6.45) is -17.0. The van der Waals surface area contributed by atoms with Crippen molar-refractivity contribution >= 4 is 82.5 Å². The molecule has 22 heteroatoms. The van der Waals surface area contributed by atoms with E-state index in [0.717, 1.165) is 48.5 Å². The lowest BCUT2D eigenvalue weighted by atomic mass is 9.96. The van der Waals surface area contributed by atoms with E-state index in [1.54, 1.807) is 0 Å². The highest BCUT2D eigenvalue weighted by Gasteiger charge is 2.58. The summed E-state index contributed by atoms with van der Waals surface area (Å²) < 4.78 is 58.1. The first-order valence-electron chi connectivity index (χ1n) is 14.5. The number of halogens is 3. The maximum atomic E-state index is 12.4. The molecule has 2 aliphatic heterocycles. The first-order valence-corrected chi connectivity index (χ1v) is 15.7. The van der Waals surface area contributed by atoms with Gasteiger partial charge in [0, 0.05) is 48.5 Å². The number of carbonyl (C=O) groups is 7. The molecule has 2 fully saturated rings. The molecule has 2 heterocycles. The van der Waals surface area contributed by atoms with Crippen molar-refractivity contribution < 1.29 is 85.7 Å². The fraction of sp³-hybridized carbons (Fsp3) is 0.714. The second-order valence-electron chi connectivity index (χ2n) is 10.6. The summed E-state index contributed by atoms with van der Waals surface area (Å²) in [5.41, 5.74) is 0. The van der Waals surface area contributed by atoms with Crippen LogP contribution < -0.4 is 0 Å². The van der Waals surface area contributed by atoms with Gasteiger partial charge in [0.2, 0.25) is 18.3 Å². The SMILES string of the molecule is CC(=O)OC[C@H]1O[C@@H](O[C@H]2[C@H](OC(C)=O)[C@@H](OC(C)=O)[C@H](OC(=N)C(Cl)(Cl)Cl)O[C@@H]2COC(C)=O)[C@H](OC(C)=O)[C@@H](OC(C)=O)[C@H]1OC(C)=O. The van der Waals surface area contributed by atoms with Gasteiger partial charge in [-0.05, 0) is 0 Å². The van der Waals surface area contributed by atoms with Gasteiger partial charge in [-0.3, -0.25) is 39.0 Å². The van der Waals surface area contributed by atoms with Gasteiger partial charge in [0.25, 0.3) is 3.79 Å². The Bertz CT molecular complexity index is 1310. The molecule has 0 spiro atoms. The minimum absolute atomic E-state index is 0.617. The van der Waals surface area contributed by atoms with E-state index in [9.17, 15) is 33.6 Å². The van der Waals surface area contributed by atoms with E-state index in [2.05, 4.69) is 0 Å². The number of nitrogens with one attached hydrogen (secondary N) is 1. The number of hydrogen-bond acceptors (Lipinski definition) is 19. The van der Waals surface area contributed by atoms with Crippen LogP contribution in [0.3, 0.4) is 0 Å². The number of ether oxygens (including phenoxy) is 11. The van der Waals surface area contributed by atoms with E-state index in [1.807, 2.05) is 0 Å². The Morgan fingerprint density at radius 3 is 1.24 bits per heavy atom. The highest BCUT2D eigenvalue weighted by Crippen LogP contribution is 2.37. The van der Waals surface area contributed by atoms with Crippen LogP contribution in [-0.4, -0.2) is 126 Å². The number of esters is 7. The van der Waals surface area contributed by atoms with Crippen molar-refractivity contribution in [2.24, 2.45) is 0 Å². The van der Waals surface area contributed by atoms with Gasteiger partial charge in [-0.15, -0.1) is 0 Å². The van der Waals surface area contributed by atoms with Crippen molar-refractivity contribution in [3.05, 3.63) is 0 Å². The second-order valence-corrected chi connectivity index (χ2v) is 12.9. The molecular formula is C28H36Cl3NO18. The highest BCUT2D eigenvalue weighted by molar-refractivity contribution is 6.76. The smallest absolute Gasteiger partial charge is 0.303 e. The molecule has 0 unspecified atom stereocenters. The lowest BCUT2D eigenvalue weighted by Crippen LogP contribution is -2.67. The molecule has 0 amide bonds. The van der Waals surface area contributed by atoms with Crippen molar-refractivity contribution in [3.63, 3.8) is 0 Å². The zero-order chi connectivity index (χ0) is 38.1. The summed E-state index contributed by atoms with van der Waals surface area (Å²) in [6.45, 7) is 5.79. The first kappa shape index (κ1) is 42.7. The third-order valence-electron chi connectivity index (χ3n) is 6.38. The normalized spacial score (nSPS) is 29.3. The Morgan fingerprint density at radius 1 is 0.500 bits per heavy atom. The highest BCUT2D eigenvalue weighted by atomic mass is 35.6. The van der Waals surface area contributed by atoms with Crippen LogP contribution in [-0.2, 0) is 85.7 Å². The number of hydrogen-bond donors (Lipinski definition) is 1. The Labute approximate surface area is 300 Å². The average molecular weight is 781 g/mol. The van der Waals surface area contributed by atoms with E-state index < -0.39 is 126 Å². The van der Waals surface area contributed by atoms with Crippen LogP contribution in [0, 0.1) is 5.41 Å². The molecule has 1 N–H and O–H groups in total. The first-order chi connectivity index (χ1) is 23.1. The van der Waals surface area contributed by atoms with Gasteiger partial charge >= 0.3 is 41.8 Å². The van der Waals surface area contributed by atoms with Gasteiger partial charge in [0.1, 0.15) is 31.5 Å². The number of rotatable bonds is 12. The zero-order valence-corrected chi connectivity index (χ0v) is 29.9. The van der Waals surface area contributed by atoms with Crippen LogP contribution in [0.25, 0.3) is 0 Å². The van der Waals surface area contributed by atoms with Gasteiger partial charge < -0.3 is 52.1 Å². The van der Waals surface area contributed by atoms with Gasteiger partial charge in [0.05, 0.1) is 0 Å². The minimum Gasteiger partial charge on any atom is -0.463 e. The fourth-order valence-corrected chi connectivity index (χ4v) is 4.88. The molecule has 0 saturated carbocycles. The van der Waals surface area contributed by atoms with Crippen LogP contribution in [0.2, 0.25) is 0 Å². The summed E-state index contributed by atoms with van der Waals surface area (Å²) in [7, 11) is 0. The standard InChI is InChI=1S/C28H36Cl3NO18/c1-10(33)40-8-17-19(42-12(3)35)21(43-13(4)36)23(45-15(6)38)25(47-17)49-20-18(9-41-11(2)34)48-26(50-27(32)28(29,30)31)24(46-16(7)39)22(20)44-14(5)37/h17-26,32H,8-9H2,1-7H3/t17-,18-,19+,20-,21+,22+,23-,24-,25+,26+/m1/s1.